The summed E-state index contributed by atoms with van der Waals surface area (Å²) in [5.74, 6) is 1.54. The van der Waals surface area contributed by atoms with E-state index in [9.17, 15) is 0 Å². The summed E-state index contributed by atoms with van der Waals surface area (Å²) in [6.07, 6.45) is 4.13. The van der Waals surface area contributed by atoms with E-state index in [0.29, 0.717) is 0 Å². The molecule has 1 aromatic heterocycles. The van der Waals surface area contributed by atoms with E-state index in [1.807, 2.05) is 0 Å². The highest BCUT2D eigenvalue weighted by atomic mass is 16.5. The van der Waals surface area contributed by atoms with Crippen LogP contribution in [0.25, 0.3) is 0 Å². The maximum Gasteiger partial charge on any atom is 0.226 e. The Morgan fingerprint density at radius 3 is 2.47 bits per heavy atom. The number of unbranched alkanes of at least 4 members (excludes halogenated alkanes) is 2. The third kappa shape index (κ3) is 4.00. The lowest BCUT2D eigenvalue weighted by Crippen LogP contribution is -2.13. The molecule has 1 rings (SSSR count). The molecule has 0 aliphatic rings. The Hall–Kier alpha value is -0.900. The third-order valence-electron chi connectivity index (χ3n) is 2.23. The second-order valence-corrected chi connectivity index (χ2v) is 4.86. The van der Waals surface area contributed by atoms with Crippen molar-refractivity contribution in [2.45, 2.75) is 51.9 Å². The number of nitrogens with zero attached hydrogens (tertiary/aromatic N) is 2. The minimum atomic E-state index is -0.0288. The summed E-state index contributed by atoms with van der Waals surface area (Å²) >= 11 is 0. The first-order chi connectivity index (χ1) is 7.04. The number of hydrogen-bond donors (Lipinski definition) is 1. The predicted molar refractivity (Wildman–Crippen MR) is 59.6 cm³/mol. The summed E-state index contributed by atoms with van der Waals surface area (Å²) in [6, 6.07) is 0. The molecular weight excluding hydrogens is 190 g/mol. The molecule has 4 heteroatoms. The van der Waals surface area contributed by atoms with Crippen molar-refractivity contribution >= 4 is 0 Å². The molecule has 2 N–H and O–H groups in total. The first kappa shape index (κ1) is 12.2. The number of rotatable bonds is 5. The van der Waals surface area contributed by atoms with E-state index >= 15 is 0 Å². The zero-order chi connectivity index (χ0) is 11.3. The van der Waals surface area contributed by atoms with Crippen molar-refractivity contribution in [2.75, 3.05) is 6.54 Å². The van der Waals surface area contributed by atoms with Gasteiger partial charge in [-0.25, -0.2) is 0 Å². The molecule has 1 aromatic rings. The summed E-state index contributed by atoms with van der Waals surface area (Å²) in [6.45, 7) is 7.00. The molecule has 15 heavy (non-hydrogen) atoms. The van der Waals surface area contributed by atoms with Crippen LogP contribution in [0.3, 0.4) is 0 Å². The SMILES string of the molecule is CC(C)(C)c1noc(CCCCCN)n1. The van der Waals surface area contributed by atoms with E-state index in [2.05, 4.69) is 30.9 Å². The maximum atomic E-state index is 5.42. The van der Waals surface area contributed by atoms with Gasteiger partial charge in [0.1, 0.15) is 0 Å². The van der Waals surface area contributed by atoms with Gasteiger partial charge in [-0.1, -0.05) is 32.3 Å². The fourth-order valence-electron chi connectivity index (χ4n) is 1.26. The van der Waals surface area contributed by atoms with Gasteiger partial charge < -0.3 is 10.3 Å². The van der Waals surface area contributed by atoms with Crippen LogP contribution in [-0.2, 0) is 11.8 Å². The Kier molecular flexibility index (Phi) is 4.27. The van der Waals surface area contributed by atoms with Crippen molar-refractivity contribution in [3.63, 3.8) is 0 Å². The fraction of sp³-hybridized carbons (Fsp3) is 0.818. The predicted octanol–water partition coefficient (Wildman–Crippen LogP) is 2.04. The molecule has 0 saturated carbocycles. The van der Waals surface area contributed by atoms with Gasteiger partial charge in [0.25, 0.3) is 0 Å². The van der Waals surface area contributed by atoms with Crippen LogP contribution in [-0.4, -0.2) is 16.7 Å². The first-order valence-corrected chi connectivity index (χ1v) is 5.57. The normalized spacial score (nSPS) is 12.0. The van der Waals surface area contributed by atoms with Gasteiger partial charge >= 0.3 is 0 Å². The molecule has 0 saturated heterocycles. The summed E-state index contributed by atoms with van der Waals surface area (Å²) in [4.78, 5) is 4.37. The number of hydrogen-bond acceptors (Lipinski definition) is 4. The highest BCUT2D eigenvalue weighted by molar-refractivity contribution is 4.99. The van der Waals surface area contributed by atoms with Crippen LogP contribution < -0.4 is 5.73 Å². The summed E-state index contributed by atoms with van der Waals surface area (Å²) in [7, 11) is 0. The number of aromatic nitrogens is 2. The molecule has 0 bridgehead atoms. The second kappa shape index (κ2) is 5.26. The Morgan fingerprint density at radius 1 is 1.20 bits per heavy atom. The zero-order valence-corrected chi connectivity index (χ0v) is 9.92. The van der Waals surface area contributed by atoms with E-state index < -0.39 is 0 Å². The van der Waals surface area contributed by atoms with Crippen LogP contribution >= 0.6 is 0 Å². The fourth-order valence-corrected chi connectivity index (χ4v) is 1.26. The standard InChI is InChI=1S/C11H21N3O/c1-11(2,3)10-13-9(15-14-10)7-5-4-6-8-12/h4-8,12H2,1-3H3. The van der Waals surface area contributed by atoms with E-state index in [-0.39, 0.29) is 5.41 Å². The van der Waals surface area contributed by atoms with Crippen LogP contribution in [0.15, 0.2) is 4.52 Å². The number of aryl methyl sites for hydroxylation is 1. The van der Waals surface area contributed by atoms with Crippen LogP contribution in [0.1, 0.15) is 51.7 Å². The lowest BCUT2D eigenvalue weighted by Gasteiger charge is -2.10. The van der Waals surface area contributed by atoms with Gasteiger partial charge in [-0.15, -0.1) is 0 Å². The third-order valence-corrected chi connectivity index (χ3v) is 2.23. The molecule has 4 nitrogen and oxygen atoms in total. The average molecular weight is 211 g/mol. The van der Waals surface area contributed by atoms with Gasteiger partial charge in [-0.2, -0.15) is 4.98 Å². The van der Waals surface area contributed by atoms with Crippen molar-refractivity contribution in [1.29, 1.82) is 0 Å². The molecule has 0 aliphatic heterocycles. The minimum Gasteiger partial charge on any atom is -0.339 e. The molecular formula is C11H21N3O. The zero-order valence-electron chi connectivity index (χ0n) is 9.92. The monoisotopic (exact) mass is 211 g/mol. The topological polar surface area (TPSA) is 64.9 Å². The van der Waals surface area contributed by atoms with Crippen LogP contribution in [0.5, 0.6) is 0 Å². The second-order valence-electron chi connectivity index (χ2n) is 4.86. The Bertz CT molecular complexity index is 288. The highest BCUT2D eigenvalue weighted by Gasteiger charge is 2.20. The molecule has 0 atom stereocenters. The Morgan fingerprint density at radius 2 is 1.93 bits per heavy atom. The molecule has 0 spiro atoms. The highest BCUT2D eigenvalue weighted by Crippen LogP contribution is 2.18. The van der Waals surface area contributed by atoms with Crippen molar-refractivity contribution < 1.29 is 4.52 Å². The van der Waals surface area contributed by atoms with Crippen LogP contribution in [0, 0.1) is 0 Å². The van der Waals surface area contributed by atoms with Crippen LogP contribution in [0.4, 0.5) is 0 Å². The molecule has 0 aliphatic carbocycles. The molecule has 86 valence electrons. The van der Waals surface area contributed by atoms with Crippen molar-refractivity contribution in [3.05, 3.63) is 11.7 Å². The lowest BCUT2D eigenvalue weighted by atomic mass is 9.96. The summed E-state index contributed by atoms with van der Waals surface area (Å²) < 4.78 is 5.18. The molecule has 1 heterocycles. The van der Waals surface area contributed by atoms with E-state index in [0.717, 1.165) is 43.9 Å². The van der Waals surface area contributed by atoms with Gasteiger partial charge in [0.2, 0.25) is 5.89 Å². The quantitative estimate of drug-likeness (QED) is 0.757. The van der Waals surface area contributed by atoms with Gasteiger partial charge in [0.05, 0.1) is 0 Å². The van der Waals surface area contributed by atoms with E-state index in [1.54, 1.807) is 0 Å². The smallest absolute Gasteiger partial charge is 0.226 e. The minimum absolute atomic E-state index is 0.0288. The van der Waals surface area contributed by atoms with Gasteiger partial charge in [-0.3, -0.25) is 0 Å². The van der Waals surface area contributed by atoms with Crippen molar-refractivity contribution in [3.8, 4) is 0 Å². The largest absolute Gasteiger partial charge is 0.339 e. The molecule has 0 unspecified atom stereocenters. The lowest BCUT2D eigenvalue weighted by molar-refractivity contribution is 0.359. The average Bonchev–Trinajstić information content (AvgIpc) is 2.60. The first-order valence-electron chi connectivity index (χ1n) is 5.57. The Labute approximate surface area is 91.2 Å². The van der Waals surface area contributed by atoms with Crippen molar-refractivity contribution in [2.24, 2.45) is 5.73 Å². The van der Waals surface area contributed by atoms with Gasteiger partial charge in [-0.05, 0) is 19.4 Å². The van der Waals surface area contributed by atoms with Gasteiger partial charge in [0, 0.05) is 11.8 Å². The van der Waals surface area contributed by atoms with Crippen LogP contribution in [0.2, 0.25) is 0 Å². The van der Waals surface area contributed by atoms with E-state index in [4.69, 9.17) is 10.3 Å². The molecule has 0 aromatic carbocycles. The van der Waals surface area contributed by atoms with Crippen molar-refractivity contribution in [1.82, 2.24) is 10.1 Å². The summed E-state index contributed by atoms with van der Waals surface area (Å²) in [5, 5.41) is 3.98. The van der Waals surface area contributed by atoms with Gasteiger partial charge in [0.15, 0.2) is 5.82 Å². The maximum absolute atomic E-state index is 5.42. The van der Waals surface area contributed by atoms with E-state index in [1.165, 1.54) is 0 Å². The molecule has 0 amide bonds. The Balaban J connectivity index is 2.40. The molecule has 0 fully saturated rings. The molecule has 0 radical (unpaired) electrons. The summed E-state index contributed by atoms with van der Waals surface area (Å²) in [5.41, 5.74) is 5.39. The number of nitrogens with two attached hydrogens (primary N) is 1.